The summed E-state index contributed by atoms with van der Waals surface area (Å²) < 4.78 is 18.9. The molecule has 1 aromatic carbocycles. The first-order valence-corrected chi connectivity index (χ1v) is 6.26. The molecule has 0 bridgehead atoms. The molecule has 2 N–H and O–H groups in total. The summed E-state index contributed by atoms with van der Waals surface area (Å²) >= 11 is 0. The Morgan fingerprint density at radius 1 is 1.39 bits per heavy atom. The maximum Gasteiger partial charge on any atom is 0.167 e. The number of hydrogen-bond donors (Lipinski definition) is 1. The molecule has 3 nitrogen and oxygen atoms in total. The molecule has 0 aliphatic heterocycles. The van der Waals surface area contributed by atoms with E-state index in [4.69, 9.17) is 10.5 Å². The zero-order valence-corrected chi connectivity index (χ0v) is 11.7. The van der Waals surface area contributed by atoms with Crippen molar-refractivity contribution in [2.45, 2.75) is 32.7 Å². The molecule has 0 atom stereocenters. The summed E-state index contributed by atoms with van der Waals surface area (Å²) in [6.45, 7) is 7.06. The lowest BCUT2D eigenvalue weighted by Gasteiger charge is -2.25. The summed E-state index contributed by atoms with van der Waals surface area (Å²) in [6.07, 6.45) is 0.846. The molecule has 0 aromatic heterocycles. The lowest BCUT2D eigenvalue weighted by atomic mass is 10.0. The fourth-order valence-electron chi connectivity index (χ4n) is 1.58. The van der Waals surface area contributed by atoms with Crippen LogP contribution in [0.15, 0.2) is 18.2 Å². The molecule has 0 aliphatic rings. The van der Waals surface area contributed by atoms with Crippen LogP contribution in [0.3, 0.4) is 0 Å². The molecule has 1 rings (SSSR count). The van der Waals surface area contributed by atoms with Crippen molar-refractivity contribution >= 4 is 5.69 Å². The van der Waals surface area contributed by atoms with Crippen molar-refractivity contribution in [2.24, 2.45) is 5.73 Å². The smallest absolute Gasteiger partial charge is 0.167 e. The Morgan fingerprint density at radius 3 is 2.56 bits per heavy atom. The van der Waals surface area contributed by atoms with E-state index in [-0.39, 0.29) is 11.4 Å². The molecule has 0 amide bonds. The van der Waals surface area contributed by atoms with Gasteiger partial charge < -0.3 is 15.4 Å². The first-order valence-electron chi connectivity index (χ1n) is 6.26. The molecule has 0 saturated heterocycles. The fourth-order valence-corrected chi connectivity index (χ4v) is 1.58. The van der Waals surface area contributed by atoms with Gasteiger partial charge in [0.15, 0.2) is 11.6 Å². The third-order valence-corrected chi connectivity index (χ3v) is 2.75. The van der Waals surface area contributed by atoms with Gasteiger partial charge >= 0.3 is 0 Å². The fraction of sp³-hybridized carbons (Fsp3) is 0.571. The Balaban J connectivity index is 2.69. The van der Waals surface area contributed by atoms with Crippen LogP contribution in [0.2, 0.25) is 0 Å². The second-order valence-electron chi connectivity index (χ2n) is 5.21. The van der Waals surface area contributed by atoms with Crippen LogP contribution in [0.25, 0.3) is 0 Å². The van der Waals surface area contributed by atoms with Crippen LogP contribution in [0, 0.1) is 5.82 Å². The van der Waals surface area contributed by atoms with Gasteiger partial charge in [0, 0.05) is 30.9 Å². The van der Waals surface area contributed by atoms with Gasteiger partial charge in [-0.1, -0.05) is 0 Å². The Morgan fingerprint density at radius 2 is 2.06 bits per heavy atom. The lowest BCUT2D eigenvalue weighted by Crippen LogP contribution is -2.36. The van der Waals surface area contributed by atoms with E-state index in [2.05, 4.69) is 0 Å². The normalized spacial score (nSPS) is 11.4. The van der Waals surface area contributed by atoms with E-state index in [0.717, 1.165) is 18.7 Å². The predicted octanol–water partition coefficient (Wildman–Crippen LogP) is 2.79. The number of benzene rings is 1. The predicted molar refractivity (Wildman–Crippen MR) is 73.7 cm³/mol. The van der Waals surface area contributed by atoms with E-state index >= 15 is 0 Å². The van der Waals surface area contributed by atoms with E-state index in [1.807, 2.05) is 38.8 Å². The number of hydrogen-bond acceptors (Lipinski definition) is 3. The van der Waals surface area contributed by atoms with E-state index in [1.165, 1.54) is 6.07 Å². The van der Waals surface area contributed by atoms with Crippen molar-refractivity contribution in [1.82, 2.24) is 0 Å². The zero-order valence-electron chi connectivity index (χ0n) is 11.7. The SMILES string of the molecule is CCOc1ccc(N(C)CCC(C)(C)N)cc1F. The number of ether oxygens (including phenoxy) is 1. The minimum Gasteiger partial charge on any atom is -0.491 e. The third kappa shape index (κ3) is 4.53. The average molecular weight is 254 g/mol. The Hall–Kier alpha value is -1.29. The Kier molecular flexibility index (Phi) is 4.96. The van der Waals surface area contributed by atoms with Gasteiger partial charge in [0.05, 0.1) is 6.61 Å². The van der Waals surface area contributed by atoms with E-state index < -0.39 is 0 Å². The van der Waals surface area contributed by atoms with Gasteiger partial charge in [-0.2, -0.15) is 0 Å². The van der Waals surface area contributed by atoms with Crippen LogP contribution in [0.1, 0.15) is 27.2 Å². The molecule has 0 unspecified atom stereocenters. The van der Waals surface area contributed by atoms with Gasteiger partial charge in [-0.25, -0.2) is 4.39 Å². The number of nitrogens with zero attached hydrogens (tertiary/aromatic N) is 1. The van der Waals surface area contributed by atoms with Crippen molar-refractivity contribution in [1.29, 1.82) is 0 Å². The molecule has 1 aromatic rings. The largest absolute Gasteiger partial charge is 0.491 e. The molecule has 0 spiro atoms. The highest BCUT2D eigenvalue weighted by Gasteiger charge is 2.13. The number of nitrogens with two attached hydrogens (primary N) is 1. The highest BCUT2D eigenvalue weighted by atomic mass is 19.1. The topological polar surface area (TPSA) is 38.5 Å². The molecular weight excluding hydrogens is 231 g/mol. The van der Waals surface area contributed by atoms with Crippen molar-refractivity contribution in [3.63, 3.8) is 0 Å². The maximum atomic E-state index is 13.7. The van der Waals surface area contributed by atoms with Gasteiger partial charge in [0.25, 0.3) is 0 Å². The summed E-state index contributed by atoms with van der Waals surface area (Å²) in [5, 5.41) is 0. The molecule has 0 fully saturated rings. The quantitative estimate of drug-likeness (QED) is 0.848. The van der Waals surface area contributed by atoms with Gasteiger partial charge in [-0.15, -0.1) is 0 Å². The summed E-state index contributed by atoms with van der Waals surface area (Å²) in [4.78, 5) is 1.99. The third-order valence-electron chi connectivity index (χ3n) is 2.75. The molecule has 0 saturated carbocycles. The first kappa shape index (κ1) is 14.8. The van der Waals surface area contributed by atoms with Gasteiger partial charge in [0.1, 0.15) is 0 Å². The highest BCUT2D eigenvalue weighted by Crippen LogP contribution is 2.23. The average Bonchev–Trinajstić information content (AvgIpc) is 2.28. The van der Waals surface area contributed by atoms with Crippen LogP contribution in [-0.2, 0) is 0 Å². The summed E-state index contributed by atoms with van der Waals surface area (Å²) in [5.74, 6) is -0.0259. The summed E-state index contributed by atoms with van der Waals surface area (Å²) in [7, 11) is 1.93. The lowest BCUT2D eigenvalue weighted by molar-refractivity contribution is 0.321. The number of anilines is 1. The molecule has 102 valence electrons. The van der Waals surface area contributed by atoms with Crippen LogP contribution in [-0.4, -0.2) is 25.7 Å². The monoisotopic (exact) mass is 254 g/mol. The highest BCUT2D eigenvalue weighted by molar-refractivity contribution is 5.49. The van der Waals surface area contributed by atoms with Crippen molar-refractivity contribution < 1.29 is 9.13 Å². The zero-order chi connectivity index (χ0) is 13.8. The molecule has 0 heterocycles. The standard InChI is InChI=1S/C14H23FN2O/c1-5-18-13-7-6-11(10-12(13)15)17(4)9-8-14(2,3)16/h6-7,10H,5,8-9,16H2,1-4H3. The molecular formula is C14H23FN2O. The molecule has 0 aliphatic carbocycles. The molecule has 18 heavy (non-hydrogen) atoms. The van der Waals surface area contributed by atoms with E-state index in [1.54, 1.807) is 6.07 Å². The number of rotatable bonds is 6. The van der Waals surface area contributed by atoms with E-state index in [9.17, 15) is 4.39 Å². The van der Waals surface area contributed by atoms with Crippen LogP contribution in [0.4, 0.5) is 10.1 Å². The summed E-state index contributed by atoms with van der Waals surface area (Å²) in [6, 6.07) is 5.02. The van der Waals surface area contributed by atoms with Crippen LogP contribution < -0.4 is 15.4 Å². The minimum atomic E-state index is -0.326. The Bertz CT molecular complexity index is 388. The minimum absolute atomic E-state index is 0.210. The van der Waals surface area contributed by atoms with Gasteiger partial charge in [-0.3, -0.25) is 0 Å². The van der Waals surface area contributed by atoms with Crippen LogP contribution in [0.5, 0.6) is 5.75 Å². The summed E-state index contributed by atoms with van der Waals surface area (Å²) in [5.41, 5.74) is 6.56. The number of halogens is 1. The van der Waals surface area contributed by atoms with Crippen LogP contribution >= 0.6 is 0 Å². The second-order valence-corrected chi connectivity index (χ2v) is 5.21. The first-order chi connectivity index (χ1) is 8.33. The van der Waals surface area contributed by atoms with Crippen molar-refractivity contribution in [3.05, 3.63) is 24.0 Å². The van der Waals surface area contributed by atoms with Gasteiger partial charge in [-0.05, 0) is 39.3 Å². The van der Waals surface area contributed by atoms with E-state index in [0.29, 0.717) is 12.4 Å². The Labute approximate surface area is 109 Å². The van der Waals surface area contributed by atoms with Crippen molar-refractivity contribution in [2.75, 3.05) is 25.1 Å². The molecule has 4 heteroatoms. The van der Waals surface area contributed by atoms with Crippen molar-refractivity contribution in [3.8, 4) is 5.75 Å². The van der Waals surface area contributed by atoms with Gasteiger partial charge in [0.2, 0.25) is 0 Å². The maximum absolute atomic E-state index is 13.7. The second kappa shape index (κ2) is 6.05. The molecule has 0 radical (unpaired) electrons.